The summed E-state index contributed by atoms with van der Waals surface area (Å²) in [7, 11) is 0. The highest BCUT2D eigenvalue weighted by Crippen LogP contribution is 2.55. The molecule has 9 heterocycles. The molecule has 22 nitrogen and oxygen atoms in total. The number of piperidine rings is 3. The first-order valence-corrected chi connectivity index (χ1v) is 40.1. The number of likely N-dealkylation sites (tertiary alicyclic amines) is 3. The minimum absolute atomic E-state index is 0.00195. The average Bonchev–Trinajstić information content (AvgIpc) is 1.56. The van der Waals surface area contributed by atoms with Crippen molar-refractivity contribution in [3.8, 4) is 22.5 Å². The van der Waals surface area contributed by atoms with Crippen LogP contribution in [0.3, 0.4) is 0 Å². The first-order chi connectivity index (χ1) is 52.7. The van der Waals surface area contributed by atoms with E-state index in [2.05, 4.69) is 68.0 Å². The van der Waals surface area contributed by atoms with Gasteiger partial charge in [0.25, 0.3) is 11.8 Å². The number of aryl methyl sites for hydroxylation is 2. The van der Waals surface area contributed by atoms with Crippen molar-refractivity contribution in [2.24, 2.45) is 5.92 Å². The maximum Gasteiger partial charge on any atom is 0.307 e. The largest absolute Gasteiger partial charge is 0.481 e. The number of rotatable bonds is 17. The Kier molecular flexibility index (Phi) is 20.8. The zero-order valence-corrected chi connectivity index (χ0v) is 65.4. The molecule has 0 radical (unpaired) electrons. The number of aliphatic carboxylic acids is 1. The van der Waals surface area contributed by atoms with Gasteiger partial charge in [0.15, 0.2) is 11.6 Å². The lowest BCUT2D eigenvalue weighted by Crippen LogP contribution is -2.59. The molecular weight excluding hydrogens is 1390 g/mol. The van der Waals surface area contributed by atoms with Gasteiger partial charge in [-0.1, -0.05) is 49.9 Å². The fourth-order valence-electron chi connectivity index (χ4n) is 18.8. The lowest BCUT2D eigenvalue weighted by molar-refractivity contribution is -0.144. The maximum absolute atomic E-state index is 15.7. The van der Waals surface area contributed by atoms with Gasteiger partial charge < -0.3 is 55.1 Å². The number of nitrogens with one attached hydrogen (secondary N) is 4. The van der Waals surface area contributed by atoms with E-state index in [1.165, 1.54) is 62.5 Å². The highest BCUT2D eigenvalue weighted by molar-refractivity contribution is 6.11. The minimum Gasteiger partial charge on any atom is -0.481 e. The monoisotopic (exact) mass is 1500 g/mol. The van der Waals surface area contributed by atoms with Crippen LogP contribution in [0.1, 0.15) is 220 Å². The van der Waals surface area contributed by atoms with Crippen molar-refractivity contribution in [3.05, 3.63) is 130 Å². The summed E-state index contributed by atoms with van der Waals surface area (Å²) < 4.78 is 35.3. The second kappa shape index (κ2) is 30.2. The van der Waals surface area contributed by atoms with E-state index in [9.17, 15) is 33.9 Å². The summed E-state index contributed by atoms with van der Waals surface area (Å²) in [5, 5.41) is 22.0. The Labute approximate surface area is 642 Å². The van der Waals surface area contributed by atoms with Crippen LogP contribution in [0.2, 0.25) is 0 Å². The van der Waals surface area contributed by atoms with Crippen molar-refractivity contribution in [2.45, 2.75) is 238 Å². The molecule has 8 aliphatic rings. The molecule has 5 aliphatic heterocycles. The Bertz CT molecular complexity index is 4940. The predicted octanol–water partition coefficient (Wildman–Crippen LogP) is 15.1. The molecule has 4 aromatic carbocycles. The van der Waals surface area contributed by atoms with Crippen molar-refractivity contribution in [3.63, 3.8) is 0 Å². The second-order valence-electron chi connectivity index (χ2n) is 33.6. The summed E-state index contributed by atoms with van der Waals surface area (Å²) in [5.74, 6) is -1.49. The molecule has 8 aromatic rings. The third-order valence-corrected chi connectivity index (χ3v) is 25.0. The molecule has 0 unspecified atom stereocenters. The van der Waals surface area contributed by atoms with E-state index in [1.807, 2.05) is 90.8 Å². The second-order valence-corrected chi connectivity index (χ2v) is 33.6. The number of benzene rings is 4. The molecule has 16 rings (SSSR count). The molecule has 580 valence electrons. The molecule has 4 aromatic heterocycles. The first-order valence-electron chi connectivity index (χ1n) is 40.1. The molecule has 5 N–H and O–H groups in total. The number of hydrogen-bond donors (Lipinski definition) is 5. The number of fused-ring (bicyclic) bond motifs is 6. The van der Waals surface area contributed by atoms with Gasteiger partial charge in [-0.25, -0.2) is 28.7 Å². The number of imidazole rings is 2. The SMILES string of the molecule is CC(=O)N1CCC2(CC1)C(=O)N(C1CC(N3CCC[C@@H](C(=O)O)C3)C1)c1cc(-c3cc4ncn(C(C)C)c4c(Nc4cc(C(=O)NC(C)C)c(C)cc4F)n3)ccc12.Cc1cc(F)c(Nc2nc(-c3ccc4c(c3)N(C3CC(N5CCCCC5)C3)C(=O)C43CCCCC3)cc3ncn(C(C)C)c23)cc1C(=O)NC(C)C. The topological polar surface area (TPSA) is 248 Å². The molecule has 2 spiro atoms. The molecule has 3 saturated carbocycles. The van der Waals surface area contributed by atoms with Gasteiger partial charge in [0, 0.05) is 109 Å². The standard InChI is InChI=1S/C44H53FN8O5.C42H52FN7O2/c1-24(2)47-41(55)32-20-36(34(45)16-26(32)5)49-40-39-37(46-23-52(39)25(3)4)21-35(48-40)28-9-10-33-38(17-28)53(43(58)44(33)11-14-50(15-12-44)27(6)54)31-18-30(19-31)51-13-7-8-29(22-51)42(56)57;1-25(2)45-40(51)31-22-35(33(43)18-27(31)5)47-39-38-36(44-24-49(38)26(3)4)23-34(46-39)28-12-13-32-37(19-28)50(41(52)42(32)14-8-6-9-15-42)30-20-29(21-30)48-16-10-7-11-17-48/h9-10,16-17,20-21,23-25,29-31H,7-8,11-15,18-19,22H2,1-6H3,(H,47,55)(H,48,49)(H,56,57);12-13,18-19,22-26,29-30H,6-11,14-17,20-21H2,1-5H3,(H,45,51)(H,46,47)/t29-,30?,31?;/m1./s1. The van der Waals surface area contributed by atoms with E-state index in [0.29, 0.717) is 101 Å². The smallest absolute Gasteiger partial charge is 0.307 e. The zero-order chi connectivity index (χ0) is 77.5. The van der Waals surface area contributed by atoms with Crippen LogP contribution in [0.5, 0.6) is 0 Å². The van der Waals surface area contributed by atoms with E-state index in [0.717, 1.165) is 103 Å². The summed E-state index contributed by atoms with van der Waals surface area (Å²) in [6, 6.07) is 23.1. The Morgan fingerprint density at radius 1 is 0.527 bits per heavy atom. The van der Waals surface area contributed by atoms with Gasteiger partial charge in [-0.15, -0.1) is 0 Å². The van der Waals surface area contributed by atoms with Gasteiger partial charge in [0.2, 0.25) is 17.7 Å². The van der Waals surface area contributed by atoms with Gasteiger partial charge >= 0.3 is 5.97 Å². The number of amides is 5. The number of carbonyl (C=O) groups excluding carboxylic acids is 5. The number of anilines is 6. The van der Waals surface area contributed by atoms with Crippen LogP contribution in [0, 0.1) is 31.4 Å². The average molecular weight is 1500 g/mol. The van der Waals surface area contributed by atoms with Crippen LogP contribution in [-0.2, 0) is 30.0 Å². The third kappa shape index (κ3) is 14.0. The minimum atomic E-state index is -0.757. The number of nitrogens with zero attached hydrogens (tertiary/aromatic N) is 11. The molecule has 110 heavy (non-hydrogen) atoms. The van der Waals surface area contributed by atoms with Gasteiger partial charge in [0.05, 0.1) is 63.2 Å². The number of carbonyl (C=O) groups is 6. The first kappa shape index (κ1) is 75.7. The third-order valence-electron chi connectivity index (χ3n) is 25.0. The molecule has 3 saturated heterocycles. The molecule has 3 aliphatic carbocycles. The number of halogens is 2. The van der Waals surface area contributed by atoms with Crippen LogP contribution in [0.15, 0.2) is 85.5 Å². The number of pyridine rings is 2. The van der Waals surface area contributed by atoms with Crippen molar-refractivity contribution < 1.29 is 42.7 Å². The van der Waals surface area contributed by atoms with E-state index in [1.54, 1.807) is 39.5 Å². The lowest BCUT2D eigenvalue weighted by atomic mass is 9.70. The Morgan fingerprint density at radius 3 is 1.40 bits per heavy atom. The molecule has 0 bridgehead atoms. The van der Waals surface area contributed by atoms with Gasteiger partial charge in [-0.05, 0) is 237 Å². The van der Waals surface area contributed by atoms with Crippen molar-refractivity contribution in [2.75, 3.05) is 59.7 Å². The van der Waals surface area contributed by atoms with E-state index in [4.69, 9.17) is 19.9 Å². The van der Waals surface area contributed by atoms with Gasteiger partial charge in [-0.3, -0.25) is 33.7 Å². The number of hydrogen-bond acceptors (Lipinski definition) is 14. The normalized spacial score (nSPS) is 21.7. The summed E-state index contributed by atoms with van der Waals surface area (Å²) in [5.41, 5.74) is 10.6. The summed E-state index contributed by atoms with van der Waals surface area (Å²) in [4.78, 5) is 110. The van der Waals surface area contributed by atoms with Crippen molar-refractivity contribution >= 4 is 92.0 Å². The number of carboxylic acid groups (broad SMARTS) is 1. The fraction of sp³-hybridized carbons (Fsp3) is 0.512. The molecule has 24 heteroatoms. The van der Waals surface area contributed by atoms with Crippen LogP contribution in [0.25, 0.3) is 44.6 Å². The van der Waals surface area contributed by atoms with Crippen LogP contribution in [0.4, 0.5) is 43.2 Å². The van der Waals surface area contributed by atoms with E-state index >= 15 is 8.78 Å². The summed E-state index contributed by atoms with van der Waals surface area (Å²) in [6.07, 6.45) is 18.7. The Morgan fingerprint density at radius 2 is 0.964 bits per heavy atom. The number of aromatic nitrogens is 6. The van der Waals surface area contributed by atoms with Crippen LogP contribution < -0.4 is 31.1 Å². The van der Waals surface area contributed by atoms with Crippen LogP contribution >= 0.6 is 0 Å². The Hall–Kier alpha value is -9.68. The van der Waals surface area contributed by atoms with E-state index < -0.39 is 28.4 Å². The van der Waals surface area contributed by atoms with Gasteiger partial charge in [-0.2, -0.15) is 0 Å². The highest BCUT2D eigenvalue weighted by Gasteiger charge is 2.57. The van der Waals surface area contributed by atoms with Gasteiger partial charge in [0.1, 0.15) is 22.7 Å². The maximum atomic E-state index is 15.7. The van der Waals surface area contributed by atoms with Crippen molar-refractivity contribution in [1.82, 2.24) is 54.4 Å². The Balaban J connectivity index is 0.000000176. The van der Waals surface area contributed by atoms with Crippen molar-refractivity contribution in [1.29, 1.82) is 0 Å². The number of carboxylic acids is 1. The molecule has 1 atom stereocenters. The highest BCUT2D eigenvalue weighted by atomic mass is 19.1. The molecule has 5 amide bonds. The molecule has 6 fully saturated rings. The van der Waals surface area contributed by atoms with Crippen LogP contribution in [-0.4, -0.2) is 160 Å². The fourth-order valence-corrected chi connectivity index (χ4v) is 18.8. The lowest BCUT2D eigenvalue weighted by Gasteiger charge is -2.49. The van der Waals surface area contributed by atoms with E-state index in [-0.39, 0.29) is 89.1 Å². The quantitative estimate of drug-likeness (QED) is 0.0569. The zero-order valence-electron chi connectivity index (χ0n) is 65.4. The summed E-state index contributed by atoms with van der Waals surface area (Å²) >= 11 is 0. The molecular formula is C86H105F2N15O7. The summed E-state index contributed by atoms with van der Waals surface area (Å²) in [6.45, 7) is 25.5. The predicted molar refractivity (Wildman–Crippen MR) is 425 cm³/mol.